The Hall–Kier alpha value is -1.40. The highest BCUT2D eigenvalue weighted by Crippen LogP contribution is 2.25. The van der Waals surface area contributed by atoms with Gasteiger partial charge in [0.15, 0.2) is 0 Å². The van der Waals surface area contributed by atoms with E-state index < -0.39 is 16.0 Å². The minimum atomic E-state index is -3.49. The largest absolute Gasteiger partial charge is 0.478 e. The molecule has 5 nitrogen and oxygen atoms in total. The van der Waals surface area contributed by atoms with Gasteiger partial charge in [-0.25, -0.2) is 13.2 Å². The quantitative estimate of drug-likeness (QED) is 0.903. The summed E-state index contributed by atoms with van der Waals surface area (Å²) in [6.07, 6.45) is 1.74. The van der Waals surface area contributed by atoms with Crippen molar-refractivity contribution in [3.05, 3.63) is 29.8 Å². The van der Waals surface area contributed by atoms with Crippen molar-refractivity contribution in [3.63, 3.8) is 0 Å². The molecule has 1 aliphatic heterocycles. The zero-order valence-corrected chi connectivity index (χ0v) is 10.9. The number of aromatic carboxylic acids is 1. The highest BCUT2D eigenvalue weighted by atomic mass is 32.2. The van der Waals surface area contributed by atoms with Gasteiger partial charge in [-0.2, -0.15) is 4.31 Å². The number of rotatable bonds is 3. The molecule has 0 amide bonds. The topological polar surface area (TPSA) is 74.7 Å². The van der Waals surface area contributed by atoms with Gasteiger partial charge in [-0.05, 0) is 44.0 Å². The summed E-state index contributed by atoms with van der Waals surface area (Å²) in [5.74, 6) is -1.06. The van der Waals surface area contributed by atoms with Crippen LogP contribution in [0.4, 0.5) is 0 Å². The average molecular weight is 269 g/mol. The van der Waals surface area contributed by atoms with Crippen molar-refractivity contribution in [2.24, 2.45) is 0 Å². The second-order valence-corrected chi connectivity index (χ2v) is 6.33. The van der Waals surface area contributed by atoms with Crippen molar-refractivity contribution in [1.29, 1.82) is 0 Å². The molecule has 0 saturated carbocycles. The van der Waals surface area contributed by atoms with Crippen LogP contribution in [-0.2, 0) is 10.0 Å². The molecule has 1 fully saturated rings. The summed E-state index contributed by atoms with van der Waals surface area (Å²) >= 11 is 0. The van der Waals surface area contributed by atoms with Crippen LogP contribution in [0.5, 0.6) is 0 Å². The summed E-state index contributed by atoms with van der Waals surface area (Å²) in [7, 11) is -3.49. The predicted molar refractivity (Wildman–Crippen MR) is 66.0 cm³/mol. The van der Waals surface area contributed by atoms with Gasteiger partial charge in [-0.15, -0.1) is 0 Å². The molecule has 0 bridgehead atoms. The predicted octanol–water partition coefficient (Wildman–Crippen LogP) is 1.56. The molecule has 1 atom stereocenters. The lowest BCUT2D eigenvalue weighted by molar-refractivity contribution is 0.0696. The first-order valence-corrected chi connectivity index (χ1v) is 7.22. The van der Waals surface area contributed by atoms with Crippen LogP contribution in [0.1, 0.15) is 30.1 Å². The van der Waals surface area contributed by atoms with Gasteiger partial charge >= 0.3 is 5.97 Å². The summed E-state index contributed by atoms with van der Waals surface area (Å²) in [6, 6.07) is 5.34. The smallest absolute Gasteiger partial charge is 0.335 e. The van der Waals surface area contributed by atoms with Gasteiger partial charge in [0.05, 0.1) is 10.5 Å². The van der Waals surface area contributed by atoms with E-state index in [1.54, 1.807) is 0 Å². The van der Waals surface area contributed by atoms with Gasteiger partial charge in [-0.1, -0.05) is 0 Å². The molecule has 0 spiro atoms. The van der Waals surface area contributed by atoms with Crippen LogP contribution in [0.25, 0.3) is 0 Å². The van der Waals surface area contributed by atoms with E-state index in [0.717, 1.165) is 12.8 Å². The third-order valence-corrected chi connectivity index (χ3v) is 5.23. The number of carbonyl (C=O) groups is 1. The minimum Gasteiger partial charge on any atom is -0.478 e. The van der Waals surface area contributed by atoms with Gasteiger partial charge in [-0.3, -0.25) is 0 Å². The van der Waals surface area contributed by atoms with E-state index in [4.69, 9.17) is 5.11 Å². The molecule has 1 unspecified atom stereocenters. The van der Waals surface area contributed by atoms with E-state index in [2.05, 4.69) is 0 Å². The van der Waals surface area contributed by atoms with Crippen LogP contribution < -0.4 is 0 Å². The third-order valence-electron chi connectivity index (χ3n) is 3.20. The fourth-order valence-electron chi connectivity index (χ4n) is 2.17. The summed E-state index contributed by atoms with van der Waals surface area (Å²) < 4.78 is 26.1. The first-order chi connectivity index (χ1) is 8.43. The van der Waals surface area contributed by atoms with Crippen molar-refractivity contribution in [2.45, 2.75) is 30.7 Å². The monoisotopic (exact) mass is 269 g/mol. The first kappa shape index (κ1) is 13.0. The molecule has 0 aliphatic carbocycles. The van der Waals surface area contributed by atoms with E-state index in [-0.39, 0.29) is 16.5 Å². The third kappa shape index (κ3) is 2.26. The molecular weight excluding hydrogens is 254 g/mol. The Bertz CT molecular complexity index is 550. The van der Waals surface area contributed by atoms with Crippen LogP contribution in [0.15, 0.2) is 29.2 Å². The summed E-state index contributed by atoms with van der Waals surface area (Å²) in [6.45, 7) is 2.42. The van der Waals surface area contributed by atoms with E-state index >= 15 is 0 Å². The van der Waals surface area contributed by atoms with Crippen molar-refractivity contribution in [3.8, 4) is 0 Å². The molecule has 1 aromatic rings. The van der Waals surface area contributed by atoms with Crippen LogP contribution >= 0.6 is 0 Å². The number of carboxylic acids is 1. The van der Waals surface area contributed by atoms with E-state index in [0.29, 0.717) is 6.54 Å². The van der Waals surface area contributed by atoms with Gasteiger partial charge in [0, 0.05) is 12.6 Å². The zero-order chi connectivity index (χ0) is 13.3. The summed E-state index contributed by atoms with van der Waals surface area (Å²) in [5.41, 5.74) is 0.0865. The Morgan fingerprint density at radius 1 is 1.33 bits per heavy atom. The maximum absolute atomic E-state index is 12.3. The second-order valence-electron chi connectivity index (χ2n) is 4.44. The van der Waals surface area contributed by atoms with Gasteiger partial charge < -0.3 is 5.11 Å². The number of sulfonamides is 1. The molecule has 6 heteroatoms. The Morgan fingerprint density at radius 2 is 1.94 bits per heavy atom. The minimum absolute atomic E-state index is 0.00847. The normalized spacial score (nSPS) is 21.1. The molecule has 1 saturated heterocycles. The molecule has 1 aromatic carbocycles. The number of hydrogen-bond acceptors (Lipinski definition) is 3. The number of hydrogen-bond donors (Lipinski definition) is 1. The SMILES string of the molecule is CC1CCCN1S(=O)(=O)c1ccc(C(=O)O)cc1. The highest BCUT2D eigenvalue weighted by molar-refractivity contribution is 7.89. The van der Waals surface area contributed by atoms with Crippen molar-refractivity contribution >= 4 is 16.0 Å². The Morgan fingerprint density at radius 3 is 2.39 bits per heavy atom. The average Bonchev–Trinajstić information content (AvgIpc) is 2.76. The fourth-order valence-corrected chi connectivity index (χ4v) is 3.87. The van der Waals surface area contributed by atoms with Gasteiger partial charge in [0.1, 0.15) is 0 Å². The van der Waals surface area contributed by atoms with Crippen LogP contribution in [0, 0.1) is 0 Å². The number of carboxylic acid groups (broad SMARTS) is 1. The fraction of sp³-hybridized carbons (Fsp3) is 0.417. The maximum atomic E-state index is 12.3. The molecule has 1 aliphatic rings. The Labute approximate surface area is 106 Å². The molecule has 1 N–H and O–H groups in total. The maximum Gasteiger partial charge on any atom is 0.335 e. The molecular formula is C12H15NO4S. The van der Waals surface area contributed by atoms with E-state index in [1.807, 2.05) is 6.92 Å². The Balaban J connectivity index is 2.33. The lowest BCUT2D eigenvalue weighted by Crippen LogP contribution is -2.33. The number of nitrogens with zero attached hydrogens (tertiary/aromatic N) is 1. The summed E-state index contributed by atoms with van der Waals surface area (Å²) in [4.78, 5) is 10.9. The molecule has 2 rings (SSSR count). The van der Waals surface area contributed by atoms with Crippen molar-refractivity contribution in [2.75, 3.05) is 6.54 Å². The lowest BCUT2D eigenvalue weighted by Gasteiger charge is -2.20. The highest BCUT2D eigenvalue weighted by Gasteiger charge is 2.32. The van der Waals surface area contributed by atoms with Crippen LogP contribution in [0.3, 0.4) is 0 Å². The molecule has 1 heterocycles. The van der Waals surface area contributed by atoms with Gasteiger partial charge in [0.2, 0.25) is 10.0 Å². The molecule has 18 heavy (non-hydrogen) atoms. The summed E-state index contributed by atoms with van der Waals surface area (Å²) in [5, 5.41) is 8.77. The molecule has 98 valence electrons. The first-order valence-electron chi connectivity index (χ1n) is 5.78. The van der Waals surface area contributed by atoms with Crippen LogP contribution in [-0.4, -0.2) is 36.4 Å². The standard InChI is InChI=1S/C12H15NO4S/c1-9-3-2-8-13(9)18(16,17)11-6-4-10(5-7-11)12(14)15/h4-7,9H,2-3,8H2,1H3,(H,14,15). The second kappa shape index (κ2) is 4.70. The lowest BCUT2D eigenvalue weighted by atomic mass is 10.2. The Kier molecular flexibility index (Phi) is 3.41. The zero-order valence-electron chi connectivity index (χ0n) is 10.0. The van der Waals surface area contributed by atoms with Crippen LogP contribution in [0.2, 0.25) is 0 Å². The number of benzene rings is 1. The van der Waals surface area contributed by atoms with E-state index in [9.17, 15) is 13.2 Å². The van der Waals surface area contributed by atoms with Crippen molar-refractivity contribution in [1.82, 2.24) is 4.31 Å². The molecule has 0 aromatic heterocycles. The molecule has 0 radical (unpaired) electrons. The van der Waals surface area contributed by atoms with E-state index in [1.165, 1.54) is 28.6 Å². The van der Waals surface area contributed by atoms with Crippen molar-refractivity contribution < 1.29 is 18.3 Å². The van der Waals surface area contributed by atoms with Gasteiger partial charge in [0.25, 0.3) is 0 Å².